The van der Waals surface area contributed by atoms with E-state index in [-0.39, 0.29) is 30.5 Å². The van der Waals surface area contributed by atoms with Crippen LogP contribution in [0, 0.1) is 11.6 Å². The SMILES string of the molecule is O=C(CCNC(=O)c1ccc(F)cc1F)N[C@@H]1CCCc2ccccc21. The predicted molar refractivity (Wildman–Crippen MR) is 93.6 cm³/mol. The lowest BCUT2D eigenvalue weighted by Crippen LogP contribution is -2.34. The predicted octanol–water partition coefficient (Wildman–Crippen LogP) is 3.28. The number of halogens is 2. The molecule has 2 N–H and O–H groups in total. The Hall–Kier alpha value is -2.76. The normalized spacial score (nSPS) is 15.8. The quantitative estimate of drug-likeness (QED) is 0.862. The van der Waals surface area contributed by atoms with E-state index in [1.54, 1.807) is 0 Å². The molecule has 0 saturated heterocycles. The topological polar surface area (TPSA) is 58.2 Å². The molecule has 3 rings (SSSR count). The molecular formula is C20H20F2N2O2. The smallest absolute Gasteiger partial charge is 0.254 e. The zero-order chi connectivity index (χ0) is 18.5. The van der Waals surface area contributed by atoms with Crippen LogP contribution in [0.5, 0.6) is 0 Å². The zero-order valence-electron chi connectivity index (χ0n) is 14.2. The molecule has 2 aromatic rings. The van der Waals surface area contributed by atoms with Crippen LogP contribution in [0.2, 0.25) is 0 Å². The molecule has 0 radical (unpaired) electrons. The second-order valence-electron chi connectivity index (χ2n) is 6.34. The fourth-order valence-electron chi connectivity index (χ4n) is 3.23. The fraction of sp³-hybridized carbons (Fsp3) is 0.300. The number of benzene rings is 2. The summed E-state index contributed by atoms with van der Waals surface area (Å²) in [5.41, 5.74) is 2.15. The van der Waals surface area contributed by atoms with Crippen molar-refractivity contribution in [3.05, 3.63) is 70.8 Å². The third-order valence-electron chi connectivity index (χ3n) is 4.52. The van der Waals surface area contributed by atoms with E-state index in [2.05, 4.69) is 16.7 Å². The Bertz CT molecular complexity index is 823. The molecule has 4 nitrogen and oxygen atoms in total. The van der Waals surface area contributed by atoms with Crippen molar-refractivity contribution in [3.63, 3.8) is 0 Å². The molecule has 136 valence electrons. The van der Waals surface area contributed by atoms with Crippen LogP contribution in [0.15, 0.2) is 42.5 Å². The van der Waals surface area contributed by atoms with Crippen LogP contribution in [0.1, 0.15) is 46.8 Å². The van der Waals surface area contributed by atoms with Gasteiger partial charge in [0.25, 0.3) is 5.91 Å². The number of amides is 2. The highest BCUT2D eigenvalue weighted by atomic mass is 19.1. The van der Waals surface area contributed by atoms with Gasteiger partial charge in [0.15, 0.2) is 0 Å². The average Bonchev–Trinajstić information content (AvgIpc) is 2.62. The molecule has 0 aliphatic heterocycles. The van der Waals surface area contributed by atoms with Crippen molar-refractivity contribution in [1.82, 2.24) is 10.6 Å². The van der Waals surface area contributed by atoms with Crippen LogP contribution < -0.4 is 10.6 Å². The minimum absolute atomic E-state index is 0.0160. The van der Waals surface area contributed by atoms with Gasteiger partial charge >= 0.3 is 0 Å². The van der Waals surface area contributed by atoms with Crippen molar-refractivity contribution >= 4 is 11.8 Å². The number of aryl methyl sites for hydroxylation is 1. The molecule has 0 spiro atoms. The van der Waals surface area contributed by atoms with E-state index in [1.165, 1.54) is 5.56 Å². The first-order valence-electron chi connectivity index (χ1n) is 8.65. The maximum atomic E-state index is 13.6. The molecule has 0 heterocycles. The highest BCUT2D eigenvalue weighted by Gasteiger charge is 2.21. The summed E-state index contributed by atoms with van der Waals surface area (Å²) in [6.45, 7) is 0.0792. The van der Waals surface area contributed by atoms with E-state index in [9.17, 15) is 18.4 Å². The maximum absolute atomic E-state index is 13.6. The Morgan fingerprint density at radius 1 is 1.12 bits per heavy atom. The fourth-order valence-corrected chi connectivity index (χ4v) is 3.23. The summed E-state index contributed by atoms with van der Waals surface area (Å²) in [7, 11) is 0. The van der Waals surface area contributed by atoms with Gasteiger partial charge in [-0.05, 0) is 42.5 Å². The van der Waals surface area contributed by atoms with Gasteiger partial charge in [-0.2, -0.15) is 0 Å². The van der Waals surface area contributed by atoms with Gasteiger partial charge in [0.05, 0.1) is 11.6 Å². The second-order valence-corrected chi connectivity index (χ2v) is 6.34. The Kier molecular flexibility index (Phi) is 5.61. The van der Waals surface area contributed by atoms with Gasteiger partial charge in [0.2, 0.25) is 5.91 Å². The van der Waals surface area contributed by atoms with Crippen LogP contribution in [0.25, 0.3) is 0 Å². The molecule has 6 heteroatoms. The van der Waals surface area contributed by atoms with Gasteiger partial charge in [-0.1, -0.05) is 24.3 Å². The summed E-state index contributed by atoms with van der Waals surface area (Å²) in [5.74, 6) is -2.51. The standard InChI is InChI=1S/C20H20F2N2O2/c21-14-8-9-16(17(22)12-14)20(26)23-11-10-19(25)24-18-7-3-5-13-4-1-2-6-15(13)18/h1-2,4,6,8-9,12,18H,3,5,7,10-11H2,(H,23,26)(H,24,25)/t18-/m1/s1. The lowest BCUT2D eigenvalue weighted by Gasteiger charge is -2.26. The first-order chi connectivity index (χ1) is 12.5. The molecule has 1 aliphatic rings. The molecule has 2 amide bonds. The molecule has 26 heavy (non-hydrogen) atoms. The Morgan fingerprint density at radius 3 is 2.73 bits per heavy atom. The number of hydrogen-bond acceptors (Lipinski definition) is 2. The lowest BCUT2D eigenvalue weighted by atomic mass is 9.88. The van der Waals surface area contributed by atoms with Gasteiger partial charge in [-0.25, -0.2) is 8.78 Å². The Balaban J connectivity index is 1.50. The summed E-state index contributed by atoms with van der Waals surface area (Å²) in [5, 5.41) is 5.48. The molecule has 1 aliphatic carbocycles. The molecule has 1 atom stereocenters. The van der Waals surface area contributed by atoms with Crippen LogP contribution in [0.4, 0.5) is 8.78 Å². The summed E-state index contributed by atoms with van der Waals surface area (Å²) >= 11 is 0. The van der Waals surface area contributed by atoms with Gasteiger partial charge in [-0.15, -0.1) is 0 Å². The maximum Gasteiger partial charge on any atom is 0.254 e. The molecule has 0 bridgehead atoms. The summed E-state index contributed by atoms with van der Waals surface area (Å²) in [6, 6.07) is 10.8. The summed E-state index contributed by atoms with van der Waals surface area (Å²) < 4.78 is 26.4. The number of carbonyl (C=O) groups is 2. The van der Waals surface area contributed by atoms with E-state index in [4.69, 9.17) is 0 Å². The first kappa shape index (κ1) is 18.0. The van der Waals surface area contributed by atoms with E-state index >= 15 is 0 Å². The van der Waals surface area contributed by atoms with Crippen molar-refractivity contribution in [2.24, 2.45) is 0 Å². The second kappa shape index (κ2) is 8.08. The van der Waals surface area contributed by atoms with E-state index in [0.29, 0.717) is 6.07 Å². The van der Waals surface area contributed by atoms with Gasteiger partial charge in [-0.3, -0.25) is 9.59 Å². The van der Waals surface area contributed by atoms with E-state index in [0.717, 1.165) is 37.0 Å². The van der Waals surface area contributed by atoms with E-state index in [1.807, 2.05) is 18.2 Å². The van der Waals surface area contributed by atoms with Gasteiger partial charge in [0.1, 0.15) is 11.6 Å². The van der Waals surface area contributed by atoms with Crippen LogP contribution >= 0.6 is 0 Å². The van der Waals surface area contributed by atoms with Crippen molar-refractivity contribution in [2.45, 2.75) is 31.7 Å². The summed E-state index contributed by atoms with van der Waals surface area (Å²) in [4.78, 5) is 24.1. The zero-order valence-corrected chi connectivity index (χ0v) is 14.2. The molecule has 2 aromatic carbocycles. The first-order valence-corrected chi connectivity index (χ1v) is 8.65. The Morgan fingerprint density at radius 2 is 1.92 bits per heavy atom. The number of hydrogen-bond donors (Lipinski definition) is 2. The molecular weight excluding hydrogens is 338 g/mol. The number of fused-ring (bicyclic) bond motifs is 1. The van der Waals surface area contributed by atoms with Crippen molar-refractivity contribution < 1.29 is 18.4 Å². The van der Waals surface area contributed by atoms with Crippen LogP contribution in [-0.2, 0) is 11.2 Å². The van der Waals surface area contributed by atoms with Gasteiger partial charge < -0.3 is 10.6 Å². The highest BCUT2D eigenvalue weighted by Crippen LogP contribution is 2.29. The number of nitrogens with one attached hydrogen (secondary N) is 2. The number of rotatable bonds is 5. The summed E-state index contributed by atoms with van der Waals surface area (Å²) in [6.07, 6.45) is 3.01. The minimum atomic E-state index is -0.925. The Labute approximate surface area is 150 Å². The molecule has 0 fully saturated rings. The van der Waals surface area contributed by atoms with Crippen molar-refractivity contribution in [2.75, 3.05) is 6.54 Å². The largest absolute Gasteiger partial charge is 0.351 e. The third kappa shape index (κ3) is 4.25. The third-order valence-corrected chi connectivity index (χ3v) is 4.52. The minimum Gasteiger partial charge on any atom is -0.351 e. The lowest BCUT2D eigenvalue weighted by molar-refractivity contribution is -0.121. The van der Waals surface area contributed by atoms with Gasteiger partial charge in [0, 0.05) is 19.0 Å². The highest BCUT2D eigenvalue weighted by molar-refractivity contribution is 5.94. The monoisotopic (exact) mass is 358 g/mol. The average molecular weight is 358 g/mol. The van der Waals surface area contributed by atoms with E-state index < -0.39 is 17.5 Å². The van der Waals surface area contributed by atoms with Crippen LogP contribution in [0.3, 0.4) is 0 Å². The number of carbonyl (C=O) groups excluding carboxylic acids is 2. The van der Waals surface area contributed by atoms with Crippen LogP contribution in [-0.4, -0.2) is 18.4 Å². The van der Waals surface area contributed by atoms with Crippen molar-refractivity contribution in [3.8, 4) is 0 Å². The molecule has 0 aromatic heterocycles. The van der Waals surface area contributed by atoms with Crippen molar-refractivity contribution in [1.29, 1.82) is 0 Å². The molecule has 0 unspecified atom stereocenters. The molecule has 0 saturated carbocycles.